The molecule has 16 heavy (non-hydrogen) atoms. The van der Waals surface area contributed by atoms with E-state index in [2.05, 4.69) is 0 Å². The van der Waals surface area contributed by atoms with Crippen molar-refractivity contribution in [2.45, 2.75) is 17.2 Å². The Kier molecular flexibility index (Phi) is 3.49. The van der Waals surface area contributed by atoms with Crippen molar-refractivity contribution in [1.82, 2.24) is 0 Å². The van der Waals surface area contributed by atoms with Crippen molar-refractivity contribution in [3.8, 4) is 0 Å². The summed E-state index contributed by atoms with van der Waals surface area (Å²) < 4.78 is 71.3. The fourth-order valence-electron chi connectivity index (χ4n) is 0.981. The van der Waals surface area contributed by atoms with E-state index in [0.717, 1.165) is 12.1 Å². The largest absolute Gasteiger partial charge is 0.332 e. The van der Waals surface area contributed by atoms with Gasteiger partial charge in [0.1, 0.15) is 0 Å². The molecule has 0 atom stereocenters. The number of halogens is 5. The van der Waals surface area contributed by atoms with Crippen molar-refractivity contribution in [2.75, 3.05) is 0 Å². The zero-order valence-electron chi connectivity index (χ0n) is 7.50. The summed E-state index contributed by atoms with van der Waals surface area (Å²) in [6.07, 6.45) is -3.92. The third-order valence-corrected chi connectivity index (χ3v) is 3.13. The molecule has 0 heterocycles. The molecule has 90 valence electrons. The van der Waals surface area contributed by atoms with Crippen LogP contribution in [0.2, 0.25) is 0 Å². The molecule has 1 aromatic rings. The first-order valence-corrected chi connectivity index (χ1v) is 6.18. The molecule has 0 radical (unpaired) electrons. The van der Waals surface area contributed by atoms with E-state index in [-0.39, 0.29) is 0 Å². The Morgan fingerprint density at radius 1 is 1.25 bits per heavy atom. The van der Waals surface area contributed by atoms with Crippen LogP contribution in [0.1, 0.15) is 5.56 Å². The molecule has 0 saturated heterocycles. The van der Waals surface area contributed by atoms with E-state index >= 15 is 0 Å². The summed E-state index contributed by atoms with van der Waals surface area (Å²) in [6.45, 7) is 0. The van der Waals surface area contributed by atoms with Crippen LogP contribution in [0.3, 0.4) is 0 Å². The topological polar surface area (TPSA) is 34.1 Å². The van der Waals surface area contributed by atoms with Gasteiger partial charge in [-0.15, -0.1) is 0 Å². The number of alkyl halides is 4. The van der Waals surface area contributed by atoms with Gasteiger partial charge in [-0.2, -0.15) is 8.78 Å². The molecule has 0 bridgehead atoms. The van der Waals surface area contributed by atoms with E-state index in [0.29, 0.717) is 12.1 Å². The maximum absolute atomic E-state index is 12.9. The first-order valence-electron chi connectivity index (χ1n) is 3.87. The van der Waals surface area contributed by atoms with Crippen LogP contribution in [0, 0.1) is 0 Å². The zero-order valence-corrected chi connectivity index (χ0v) is 9.07. The molecule has 1 aromatic carbocycles. The molecule has 0 N–H and O–H groups in total. The molecule has 0 aliphatic heterocycles. The molecule has 8 heteroatoms. The van der Waals surface area contributed by atoms with Gasteiger partial charge < -0.3 is 0 Å². The summed E-state index contributed by atoms with van der Waals surface area (Å²) in [4.78, 5) is -0.646. The lowest BCUT2D eigenvalue weighted by atomic mass is 10.1. The number of rotatable bonds is 3. The highest BCUT2D eigenvalue weighted by atomic mass is 35.7. The number of hydrogen-bond acceptors (Lipinski definition) is 2. The fraction of sp³-hybridized carbons (Fsp3) is 0.250. The first-order chi connectivity index (χ1) is 7.15. The van der Waals surface area contributed by atoms with E-state index in [1.807, 2.05) is 0 Å². The van der Waals surface area contributed by atoms with Gasteiger partial charge in [-0.1, -0.05) is 12.1 Å². The van der Waals surface area contributed by atoms with Crippen LogP contribution >= 0.6 is 10.7 Å². The smallest absolute Gasteiger partial charge is 0.207 e. The predicted octanol–water partition coefficient (Wildman–Crippen LogP) is 2.97. The van der Waals surface area contributed by atoms with Gasteiger partial charge in [-0.25, -0.2) is 17.2 Å². The molecule has 0 amide bonds. The monoisotopic (exact) mass is 276 g/mol. The van der Waals surface area contributed by atoms with Crippen LogP contribution < -0.4 is 0 Å². The molecular formula is C8H5ClF4O2S. The van der Waals surface area contributed by atoms with Crippen molar-refractivity contribution in [1.29, 1.82) is 0 Å². The van der Waals surface area contributed by atoms with Crippen molar-refractivity contribution >= 4 is 19.7 Å². The van der Waals surface area contributed by atoms with Crippen molar-refractivity contribution in [3.05, 3.63) is 29.8 Å². The van der Waals surface area contributed by atoms with Crippen LogP contribution in [0.5, 0.6) is 0 Å². The number of benzene rings is 1. The highest BCUT2D eigenvalue weighted by Gasteiger charge is 2.42. The van der Waals surface area contributed by atoms with Crippen molar-refractivity contribution in [2.24, 2.45) is 0 Å². The minimum absolute atomic E-state index is 0.425. The van der Waals surface area contributed by atoms with Gasteiger partial charge in [0, 0.05) is 16.2 Å². The molecule has 0 fully saturated rings. The Balaban J connectivity index is 3.29. The third-order valence-electron chi connectivity index (χ3n) is 1.77. The van der Waals surface area contributed by atoms with Gasteiger partial charge in [0.2, 0.25) is 0 Å². The molecule has 0 aliphatic carbocycles. The van der Waals surface area contributed by atoms with E-state index in [9.17, 15) is 26.0 Å². The van der Waals surface area contributed by atoms with Crippen LogP contribution in [0.15, 0.2) is 29.2 Å². The molecule has 0 spiro atoms. The first kappa shape index (κ1) is 13.2. The normalized spacial score (nSPS) is 13.1. The summed E-state index contributed by atoms with van der Waals surface area (Å²) in [5.74, 6) is -4.41. The predicted molar refractivity (Wildman–Crippen MR) is 49.4 cm³/mol. The van der Waals surface area contributed by atoms with E-state index in [1.54, 1.807) is 0 Å². The lowest BCUT2D eigenvalue weighted by Crippen LogP contribution is -2.23. The van der Waals surface area contributed by atoms with Crippen LogP contribution in [-0.4, -0.2) is 14.8 Å². The van der Waals surface area contributed by atoms with Gasteiger partial charge in [-0.05, 0) is 12.1 Å². The van der Waals surface area contributed by atoms with Crippen molar-refractivity contribution < 1.29 is 26.0 Å². The van der Waals surface area contributed by atoms with E-state index in [4.69, 9.17) is 10.7 Å². The highest BCUT2D eigenvalue weighted by molar-refractivity contribution is 8.13. The second kappa shape index (κ2) is 4.21. The lowest BCUT2D eigenvalue weighted by molar-refractivity contribution is -0.135. The highest BCUT2D eigenvalue weighted by Crippen LogP contribution is 2.35. The molecule has 2 nitrogen and oxygen atoms in total. The summed E-state index contributed by atoms with van der Waals surface area (Å²) >= 11 is 0. The van der Waals surface area contributed by atoms with Gasteiger partial charge in [0.05, 0.1) is 4.90 Å². The Labute approximate surface area is 93.3 Å². The maximum atomic E-state index is 12.9. The van der Waals surface area contributed by atoms with Crippen LogP contribution in [-0.2, 0) is 15.0 Å². The average Bonchev–Trinajstić information content (AvgIpc) is 2.16. The Bertz CT molecular complexity index is 487. The molecule has 0 saturated carbocycles. The number of hydrogen-bond donors (Lipinski definition) is 0. The third kappa shape index (κ3) is 2.65. The Morgan fingerprint density at radius 3 is 2.25 bits per heavy atom. The van der Waals surface area contributed by atoms with Crippen molar-refractivity contribution in [3.63, 3.8) is 0 Å². The van der Waals surface area contributed by atoms with E-state index < -0.39 is 31.9 Å². The van der Waals surface area contributed by atoms with Gasteiger partial charge >= 0.3 is 12.3 Å². The second-order valence-electron chi connectivity index (χ2n) is 2.89. The minimum Gasteiger partial charge on any atom is -0.207 e. The lowest BCUT2D eigenvalue weighted by Gasteiger charge is -2.15. The summed E-state index contributed by atoms with van der Waals surface area (Å²) in [7, 11) is 0.683. The second-order valence-corrected chi connectivity index (χ2v) is 5.46. The quantitative estimate of drug-likeness (QED) is 0.628. The summed E-state index contributed by atoms with van der Waals surface area (Å²) in [6, 6.07) is 2.99. The van der Waals surface area contributed by atoms with E-state index in [1.165, 1.54) is 0 Å². The zero-order chi connectivity index (χ0) is 12.6. The Hall–Kier alpha value is -0.820. The molecule has 0 unspecified atom stereocenters. The maximum Gasteiger partial charge on any atom is 0.332 e. The minimum atomic E-state index is -4.41. The average molecular weight is 277 g/mol. The van der Waals surface area contributed by atoms with Gasteiger partial charge in [0.15, 0.2) is 0 Å². The Morgan fingerprint density at radius 2 is 1.81 bits per heavy atom. The summed E-state index contributed by atoms with van der Waals surface area (Å²) in [5, 5.41) is 0. The van der Waals surface area contributed by atoms with Crippen LogP contribution in [0.25, 0.3) is 0 Å². The van der Waals surface area contributed by atoms with Gasteiger partial charge in [-0.3, -0.25) is 0 Å². The van der Waals surface area contributed by atoms with Crippen LogP contribution in [0.4, 0.5) is 17.6 Å². The van der Waals surface area contributed by atoms with Gasteiger partial charge in [0.25, 0.3) is 9.05 Å². The SMILES string of the molecule is O=S(=O)(Cl)c1cccc(C(F)(F)C(F)F)c1. The molecule has 1 rings (SSSR count). The standard InChI is InChI=1S/C8H5ClF4O2S/c9-16(14,15)6-3-1-2-5(4-6)8(12,13)7(10)11/h1-4,7H. The summed E-state index contributed by atoms with van der Waals surface area (Å²) in [5.41, 5.74) is -1.09. The molecule has 0 aliphatic rings. The fourth-order valence-corrected chi connectivity index (χ4v) is 1.78. The molecular weight excluding hydrogens is 272 g/mol. The molecule has 0 aromatic heterocycles.